The van der Waals surface area contributed by atoms with E-state index in [0.29, 0.717) is 17.9 Å². The number of methoxy groups -OCH3 is 2. The fourth-order valence-corrected chi connectivity index (χ4v) is 1.58. The second-order valence-electron chi connectivity index (χ2n) is 3.78. The molecule has 0 heterocycles. The minimum atomic E-state index is -0.992. The van der Waals surface area contributed by atoms with Crippen LogP contribution in [-0.2, 0) is 25.5 Å². The Balaban J connectivity index is 2.56. The Bertz CT molecular complexity index is 469. The summed E-state index contributed by atoms with van der Waals surface area (Å²) in [5.74, 6) is -0.630. The van der Waals surface area contributed by atoms with Crippen molar-refractivity contribution in [1.82, 2.24) is 0 Å². The highest BCUT2D eigenvalue weighted by Crippen LogP contribution is 2.24. The van der Waals surface area contributed by atoms with Gasteiger partial charge in [-0.15, -0.1) is 0 Å². The van der Waals surface area contributed by atoms with E-state index in [4.69, 9.17) is 14.2 Å². The van der Waals surface area contributed by atoms with Crippen LogP contribution in [-0.4, -0.2) is 39.4 Å². The molecule has 20 heavy (non-hydrogen) atoms. The minimum Gasteiger partial charge on any atom is -0.497 e. The normalized spacial score (nSPS) is 9.75. The van der Waals surface area contributed by atoms with Crippen molar-refractivity contribution in [2.45, 2.75) is 13.3 Å². The molecule has 0 saturated heterocycles. The second-order valence-corrected chi connectivity index (χ2v) is 3.78. The van der Waals surface area contributed by atoms with Crippen LogP contribution >= 0.6 is 0 Å². The van der Waals surface area contributed by atoms with E-state index in [1.165, 1.54) is 0 Å². The SMILES string of the molecule is CCOC(=O)C(=O)OCCc1cc(OC)ccc1OC. The van der Waals surface area contributed by atoms with Crippen LogP contribution in [0.15, 0.2) is 18.2 Å². The van der Waals surface area contributed by atoms with Crippen molar-refractivity contribution < 1.29 is 28.5 Å². The largest absolute Gasteiger partial charge is 0.497 e. The van der Waals surface area contributed by atoms with Gasteiger partial charge in [-0.2, -0.15) is 0 Å². The third-order valence-corrected chi connectivity index (χ3v) is 2.53. The lowest BCUT2D eigenvalue weighted by molar-refractivity contribution is -0.167. The highest BCUT2D eigenvalue weighted by atomic mass is 16.6. The van der Waals surface area contributed by atoms with E-state index in [2.05, 4.69) is 4.74 Å². The van der Waals surface area contributed by atoms with Crippen LogP contribution in [0.5, 0.6) is 11.5 Å². The molecule has 0 N–H and O–H groups in total. The van der Waals surface area contributed by atoms with Crippen molar-refractivity contribution in [3.8, 4) is 11.5 Å². The van der Waals surface area contributed by atoms with Crippen molar-refractivity contribution in [2.75, 3.05) is 27.4 Å². The molecule has 6 nitrogen and oxygen atoms in total. The van der Waals surface area contributed by atoms with Gasteiger partial charge in [-0.25, -0.2) is 9.59 Å². The maximum atomic E-state index is 11.2. The van der Waals surface area contributed by atoms with Crippen LogP contribution < -0.4 is 9.47 Å². The molecule has 0 aliphatic rings. The molecule has 0 aliphatic heterocycles. The van der Waals surface area contributed by atoms with Gasteiger partial charge in [0.25, 0.3) is 0 Å². The first-order valence-corrected chi connectivity index (χ1v) is 6.17. The molecule has 0 aromatic heterocycles. The number of benzene rings is 1. The lowest BCUT2D eigenvalue weighted by Crippen LogP contribution is -2.21. The topological polar surface area (TPSA) is 71.1 Å². The number of esters is 2. The summed E-state index contributed by atoms with van der Waals surface area (Å²) in [6, 6.07) is 5.32. The van der Waals surface area contributed by atoms with Gasteiger partial charge in [0.1, 0.15) is 11.5 Å². The van der Waals surface area contributed by atoms with Crippen LogP contribution in [0.25, 0.3) is 0 Å². The van der Waals surface area contributed by atoms with Gasteiger partial charge in [0.15, 0.2) is 0 Å². The van der Waals surface area contributed by atoms with Crippen molar-refractivity contribution in [1.29, 1.82) is 0 Å². The first kappa shape index (κ1) is 15.8. The molecule has 1 rings (SSSR count). The average Bonchev–Trinajstić information content (AvgIpc) is 2.47. The maximum absolute atomic E-state index is 11.2. The summed E-state index contributed by atoms with van der Waals surface area (Å²) in [7, 11) is 3.11. The summed E-state index contributed by atoms with van der Waals surface area (Å²) in [5.41, 5.74) is 0.823. The zero-order valence-electron chi connectivity index (χ0n) is 11.8. The zero-order chi connectivity index (χ0) is 15.0. The third kappa shape index (κ3) is 4.46. The number of carbonyl (C=O) groups is 2. The van der Waals surface area contributed by atoms with Crippen LogP contribution in [0.2, 0.25) is 0 Å². The summed E-state index contributed by atoms with van der Waals surface area (Å²) in [6.07, 6.45) is 0.408. The van der Waals surface area contributed by atoms with Crippen LogP contribution in [0.3, 0.4) is 0 Å². The molecule has 0 radical (unpaired) electrons. The summed E-state index contributed by atoms with van der Waals surface area (Å²) >= 11 is 0. The van der Waals surface area contributed by atoms with Gasteiger partial charge in [-0.1, -0.05) is 0 Å². The molecular formula is C14H18O6. The zero-order valence-corrected chi connectivity index (χ0v) is 11.8. The fraction of sp³-hybridized carbons (Fsp3) is 0.429. The van der Waals surface area contributed by atoms with E-state index in [0.717, 1.165) is 5.56 Å². The lowest BCUT2D eigenvalue weighted by atomic mass is 10.1. The number of ether oxygens (including phenoxy) is 4. The van der Waals surface area contributed by atoms with Crippen LogP contribution in [0.1, 0.15) is 12.5 Å². The first-order chi connectivity index (χ1) is 9.62. The highest BCUT2D eigenvalue weighted by molar-refractivity contribution is 6.29. The molecule has 0 atom stereocenters. The van der Waals surface area contributed by atoms with Gasteiger partial charge in [0.05, 0.1) is 27.4 Å². The average molecular weight is 282 g/mol. The highest BCUT2D eigenvalue weighted by Gasteiger charge is 2.16. The standard InChI is InChI=1S/C14H18O6/c1-4-19-13(15)14(16)20-8-7-10-9-11(17-2)5-6-12(10)18-3/h5-6,9H,4,7-8H2,1-3H3. The minimum absolute atomic E-state index is 0.0567. The van der Waals surface area contributed by atoms with Gasteiger partial charge in [0, 0.05) is 12.0 Å². The first-order valence-electron chi connectivity index (χ1n) is 6.17. The Kier molecular flexibility index (Phi) is 6.36. The smallest absolute Gasteiger partial charge is 0.417 e. The summed E-state index contributed by atoms with van der Waals surface area (Å²) in [6.45, 7) is 1.81. The molecular weight excluding hydrogens is 264 g/mol. The van der Waals surface area contributed by atoms with Crippen molar-refractivity contribution in [2.24, 2.45) is 0 Å². The molecule has 1 aromatic rings. The molecule has 0 aliphatic carbocycles. The van der Waals surface area contributed by atoms with E-state index in [-0.39, 0.29) is 13.2 Å². The summed E-state index contributed by atoms with van der Waals surface area (Å²) < 4.78 is 19.7. The Morgan fingerprint density at radius 3 is 2.35 bits per heavy atom. The van der Waals surface area contributed by atoms with E-state index < -0.39 is 11.9 Å². The van der Waals surface area contributed by atoms with E-state index in [1.807, 2.05) is 0 Å². The van der Waals surface area contributed by atoms with Crippen LogP contribution in [0, 0.1) is 0 Å². The fourth-order valence-electron chi connectivity index (χ4n) is 1.58. The number of hydrogen-bond acceptors (Lipinski definition) is 6. The van der Waals surface area contributed by atoms with E-state index >= 15 is 0 Å². The van der Waals surface area contributed by atoms with Gasteiger partial charge >= 0.3 is 11.9 Å². The number of rotatable bonds is 6. The lowest BCUT2D eigenvalue weighted by Gasteiger charge is -2.10. The van der Waals surface area contributed by atoms with Gasteiger partial charge < -0.3 is 18.9 Å². The molecule has 110 valence electrons. The van der Waals surface area contributed by atoms with E-state index in [1.54, 1.807) is 39.3 Å². The van der Waals surface area contributed by atoms with Crippen molar-refractivity contribution in [3.05, 3.63) is 23.8 Å². The van der Waals surface area contributed by atoms with E-state index in [9.17, 15) is 9.59 Å². The molecule has 0 spiro atoms. The maximum Gasteiger partial charge on any atom is 0.417 e. The van der Waals surface area contributed by atoms with Gasteiger partial charge in [0.2, 0.25) is 0 Å². The van der Waals surface area contributed by atoms with Gasteiger partial charge in [-0.05, 0) is 25.1 Å². The van der Waals surface area contributed by atoms with Crippen molar-refractivity contribution in [3.63, 3.8) is 0 Å². The predicted octanol–water partition coefficient (Wildman–Crippen LogP) is 1.35. The monoisotopic (exact) mass is 282 g/mol. The molecule has 0 bridgehead atoms. The molecule has 6 heteroatoms. The third-order valence-electron chi connectivity index (χ3n) is 2.53. The Morgan fingerprint density at radius 2 is 1.75 bits per heavy atom. The van der Waals surface area contributed by atoms with Crippen molar-refractivity contribution >= 4 is 11.9 Å². The summed E-state index contributed by atoms with van der Waals surface area (Å²) in [4.78, 5) is 22.3. The summed E-state index contributed by atoms with van der Waals surface area (Å²) in [5, 5.41) is 0. The van der Waals surface area contributed by atoms with Gasteiger partial charge in [-0.3, -0.25) is 0 Å². The molecule has 0 unspecified atom stereocenters. The number of hydrogen-bond donors (Lipinski definition) is 0. The second kappa shape index (κ2) is 8.04. The Labute approximate surface area is 117 Å². The molecule has 1 aromatic carbocycles. The van der Waals surface area contributed by atoms with Crippen LogP contribution in [0.4, 0.5) is 0 Å². The number of carbonyl (C=O) groups excluding carboxylic acids is 2. The Hall–Kier alpha value is -2.24. The molecule has 0 saturated carbocycles. The molecule has 0 fully saturated rings. The Morgan fingerprint density at radius 1 is 1.05 bits per heavy atom. The predicted molar refractivity (Wildman–Crippen MR) is 70.8 cm³/mol. The molecule has 0 amide bonds. The quantitative estimate of drug-likeness (QED) is 0.579.